The van der Waals surface area contributed by atoms with E-state index in [0.29, 0.717) is 6.29 Å². The zero-order valence-corrected chi connectivity index (χ0v) is 4.07. The quantitative estimate of drug-likeness (QED) is 0.218. The zero-order chi connectivity index (χ0) is 6.24. The molecule has 0 saturated heterocycles. The van der Waals surface area contributed by atoms with Crippen molar-refractivity contribution in [2.45, 2.75) is 0 Å². The maximum absolute atomic E-state index is 9.46. The van der Waals surface area contributed by atoms with Gasteiger partial charge < -0.3 is 4.84 Å². The average molecular weight is 112 g/mol. The lowest BCUT2D eigenvalue weighted by Gasteiger charge is -1.82. The van der Waals surface area contributed by atoms with Crippen molar-refractivity contribution in [3.05, 3.63) is 0 Å². The third-order valence-corrected chi connectivity index (χ3v) is 0.325. The predicted octanol–water partition coefficient (Wildman–Crippen LogP) is -0.289. The van der Waals surface area contributed by atoms with Crippen LogP contribution in [0.15, 0.2) is 5.16 Å². The van der Waals surface area contributed by atoms with Crippen LogP contribution in [0.25, 0.3) is 0 Å². The summed E-state index contributed by atoms with van der Waals surface area (Å²) in [5.74, 6) is 0. The van der Waals surface area contributed by atoms with Gasteiger partial charge in [0.1, 0.15) is 12.3 Å². The van der Waals surface area contributed by atoms with E-state index in [0.717, 1.165) is 6.21 Å². The largest absolute Gasteiger partial charge is 0.380 e. The molecule has 0 aromatic carbocycles. The Morgan fingerprint density at radius 1 is 1.88 bits per heavy atom. The highest BCUT2D eigenvalue weighted by molar-refractivity contribution is 6.12. The number of carbonyl (C=O) groups excluding carboxylic acids is 1. The molecule has 42 valence electrons. The smallest absolute Gasteiger partial charge is 0.202 e. The lowest BCUT2D eigenvalue weighted by Crippen LogP contribution is -1.82. The van der Waals surface area contributed by atoms with Gasteiger partial charge in [-0.25, -0.2) is 0 Å². The molecule has 4 nitrogen and oxygen atoms in total. The summed E-state index contributed by atoms with van der Waals surface area (Å²) < 4.78 is 0. The Labute approximate surface area is 46.4 Å². The highest BCUT2D eigenvalue weighted by Crippen LogP contribution is 1.67. The summed E-state index contributed by atoms with van der Waals surface area (Å²) in [5.41, 5.74) is 0. The number of nitrogens with zero attached hydrogens (tertiary/aromatic N) is 2. The minimum atomic E-state index is -0.121. The molecule has 0 heterocycles. The molecule has 4 heteroatoms. The van der Waals surface area contributed by atoms with Gasteiger partial charge in [0.2, 0.25) is 6.61 Å². The Morgan fingerprint density at radius 2 is 2.62 bits per heavy atom. The van der Waals surface area contributed by atoms with Crippen molar-refractivity contribution in [3.63, 3.8) is 0 Å². The Hall–Kier alpha value is -1.37. The molecule has 0 aromatic rings. The van der Waals surface area contributed by atoms with E-state index < -0.39 is 0 Å². The van der Waals surface area contributed by atoms with Gasteiger partial charge in [-0.2, -0.15) is 5.26 Å². The van der Waals surface area contributed by atoms with Crippen molar-refractivity contribution >= 4 is 12.5 Å². The van der Waals surface area contributed by atoms with Crippen LogP contribution in [-0.4, -0.2) is 19.1 Å². The van der Waals surface area contributed by atoms with Crippen molar-refractivity contribution in [1.82, 2.24) is 0 Å². The number of nitriles is 1. The van der Waals surface area contributed by atoms with E-state index in [1.54, 1.807) is 6.07 Å². The van der Waals surface area contributed by atoms with Crippen LogP contribution in [0.4, 0.5) is 0 Å². The molecule has 8 heavy (non-hydrogen) atoms. The molecule has 0 aliphatic heterocycles. The fourth-order valence-electron chi connectivity index (χ4n) is 0.134. The first kappa shape index (κ1) is 6.63. The van der Waals surface area contributed by atoms with E-state index in [4.69, 9.17) is 5.26 Å². The van der Waals surface area contributed by atoms with Crippen molar-refractivity contribution in [2.75, 3.05) is 6.61 Å². The fraction of sp³-hybridized carbons (Fsp3) is 0.250. The molecular formula is C4H4N2O2. The van der Waals surface area contributed by atoms with Crippen molar-refractivity contribution in [3.8, 4) is 6.07 Å². The molecule has 0 amide bonds. The van der Waals surface area contributed by atoms with Crippen LogP contribution in [0.2, 0.25) is 0 Å². The number of carbonyl (C=O) groups is 1. The van der Waals surface area contributed by atoms with Crippen LogP contribution in [0.1, 0.15) is 0 Å². The third kappa shape index (κ3) is 4.63. The van der Waals surface area contributed by atoms with E-state index in [1.807, 2.05) is 0 Å². The maximum Gasteiger partial charge on any atom is 0.202 e. The first-order valence-corrected chi connectivity index (χ1v) is 1.88. The molecule has 0 atom stereocenters. The summed E-state index contributed by atoms with van der Waals surface area (Å²) in [7, 11) is 0. The van der Waals surface area contributed by atoms with E-state index >= 15 is 0 Å². The van der Waals surface area contributed by atoms with E-state index in [2.05, 4.69) is 9.99 Å². The number of oxime groups is 1. The fourth-order valence-corrected chi connectivity index (χ4v) is 0.134. The van der Waals surface area contributed by atoms with Gasteiger partial charge in [-0.15, -0.1) is 0 Å². The molecule has 0 aromatic heterocycles. The molecular weight excluding hydrogens is 108 g/mol. The van der Waals surface area contributed by atoms with Gasteiger partial charge in [0, 0.05) is 0 Å². The first-order chi connectivity index (χ1) is 3.91. The molecule has 0 rings (SSSR count). The summed E-state index contributed by atoms with van der Waals surface area (Å²) in [6.45, 7) is -0.121. The molecule has 0 unspecified atom stereocenters. The van der Waals surface area contributed by atoms with Gasteiger partial charge in [-0.3, -0.25) is 4.79 Å². The Morgan fingerprint density at radius 3 is 3.12 bits per heavy atom. The van der Waals surface area contributed by atoms with E-state index in [-0.39, 0.29) is 6.61 Å². The minimum Gasteiger partial charge on any atom is -0.380 e. The number of rotatable bonds is 3. The van der Waals surface area contributed by atoms with Crippen LogP contribution in [0, 0.1) is 11.3 Å². The maximum atomic E-state index is 9.46. The second-order valence-corrected chi connectivity index (χ2v) is 0.822. The third-order valence-electron chi connectivity index (χ3n) is 0.325. The second-order valence-electron chi connectivity index (χ2n) is 0.822. The van der Waals surface area contributed by atoms with E-state index in [1.165, 1.54) is 0 Å². The Balaban J connectivity index is 3.06. The zero-order valence-electron chi connectivity index (χ0n) is 4.07. The topological polar surface area (TPSA) is 62.4 Å². The molecule has 0 N–H and O–H groups in total. The second kappa shape index (κ2) is 5.63. The van der Waals surface area contributed by atoms with Crippen molar-refractivity contribution in [2.24, 2.45) is 5.16 Å². The van der Waals surface area contributed by atoms with Gasteiger partial charge in [0.05, 0.1) is 0 Å². The number of hydrogen-bond acceptors (Lipinski definition) is 4. The standard InChI is InChI=1S/C4H4N2O2/c5-1-4-8-6-2-3-7/h2-3H,4H2/b6-2-. The SMILES string of the molecule is N#CCO/N=C\C=O. The number of aldehydes is 1. The van der Waals surface area contributed by atoms with Gasteiger partial charge >= 0.3 is 0 Å². The molecule has 0 aliphatic carbocycles. The molecule has 0 spiro atoms. The summed E-state index contributed by atoms with van der Waals surface area (Å²) in [6.07, 6.45) is 1.40. The van der Waals surface area contributed by atoms with Crippen LogP contribution in [0.5, 0.6) is 0 Å². The first-order valence-electron chi connectivity index (χ1n) is 1.88. The number of hydrogen-bond donors (Lipinski definition) is 0. The lowest BCUT2D eigenvalue weighted by atomic mass is 10.8. The Kier molecular flexibility index (Phi) is 4.67. The summed E-state index contributed by atoms with van der Waals surface area (Å²) in [5, 5.41) is 10.9. The normalized spacial score (nSPS) is 8.38. The molecule has 0 fully saturated rings. The van der Waals surface area contributed by atoms with Gasteiger partial charge in [-0.1, -0.05) is 5.16 Å². The molecule has 0 bridgehead atoms. The molecule has 0 aliphatic rings. The van der Waals surface area contributed by atoms with Crippen LogP contribution in [0.3, 0.4) is 0 Å². The van der Waals surface area contributed by atoms with Crippen LogP contribution >= 0.6 is 0 Å². The summed E-state index contributed by atoms with van der Waals surface area (Å²) in [4.78, 5) is 13.7. The predicted molar refractivity (Wildman–Crippen MR) is 26.1 cm³/mol. The summed E-state index contributed by atoms with van der Waals surface area (Å²) in [6, 6.07) is 1.67. The molecule has 0 radical (unpaired) electrons. The lowest BCUT2D eigenvalue weighted by molar-refractivity contribution is -0.102. The monoisotopic (exact) mass is 112 g/mol. The Bertz CT molecular complexity index is 124. The average Bonchev–Trinajstić information content (AvgIpc) is 1.81. The van der Waals surface area contributed by atoms with Crippen LogP contribution < -0.4 is 0 Å². The minimum absolute atomic E-state index is 0.121. The summed E-state index contributed by atoms with van der Waals surface area (Å²) >= 11 is 0. The molecule has 0 saturated carbocycles. The van der Waals surface area contributed by atoms with Crippen molar-refractivity contribution in [1.29, 1.82) is 5.26 Å². The van der Waals surface area contributed by atoms with Crippen LogP contribution in [-0.2, 0) is 9.63 Å². The highest BCUT2D eigenvalue weighted by Gasteiger charge is 1.71. The highest BCUT2D eigenvalue weighted by atomic mass is 16.6. The van der Waals surface area contributed by atoms with Gasteiger partial charge in [-0.05, 0) is 0 Å². The van der Waals surface area contributed by atoms with Crippen molar-refractivity contribution < 1.29 is 9.63 Å². The van der Waals surface area contributed by atoms with E-state index in [9.17, 15) is 4.79 Å². The van der Waals surface area contributed by atoms with Gasteiger partial charge in [0.25, 0.3) is 0 Å². The van der Waals surface area contributed by atoms with Gasteiger partial charge in [0.15, 0.2) is 6.29 Å².